The largest absolute Gasteiger partial charge is 0.265 e. The molecule has 5 aromatic carbocycles. The molecule has 0 aliphatic rings. The Morgan fingerprint density at radius 2 is 0.652 bits per heavy atom. The number of hydrogen-bond donors (Lipinski definition) is 0. The van der Waals surface area contributed by atoms with Gasteiger partial charge in [-0.2, -0.15) is 5.26 Å². The van der Waals surface area contributed by atoms with Crippen molar-refractivity contribution in [3.63, 3.8) is 0 Å². The van der Waals surface area contributed by atoms with Crippen molar-refractivity contribution in [2.75, 3.05) is 0 Å². The van der Waals surface area contributed by atoms with Crippen LogP contribution < -0.4 is 0 Å². The van der Waals surface area contributed by atoms with Gasteiger partial charge in [-0.25, -0.2) is 29.9 Å². The predicted molar refractivity (Wildman–Crippen MR) is 256 cm³/mol. The lowest BCUT2D eigenvalue weighted by Gasteiger charge is -2.19. The molecule has 6 aromatic heterocycles. The Bertz CT molecular complexity index is 3450. The minimum absolute atomic E-state index is 0.532. The Morgan fingerprint density at radius 3 is 1.11 bits per heavy atom. The molecule has 308 valence electrons. The molecule has 11 nitrogen and oxygen atoms in total. The van der Waals surface area contributed by atoms with E-state index in [1.165, 1.54) is 0 Å². The number of rotatable bonds is 9. The van der Waals surface area contributed by atoms with Crippen molar-refractivity contribution >= 4 is 10.8 Å². The Kier molecular flexibility index (Phi) is 10.3. The van der Waals surface area contributed by atoms with Crippen LogP contribution in [0, 0.1) is 11.3 Å². The Labute approximate surface area is 379 Å². The zero-order chi connectivity index (χ0) is 44.2. The second-order valence-corrected chi connectivity index (χ2v) is 15.3. The van der Waals surface area contributed by atoms with Gasteiger partial charge in [0.1, 0.15) is 0 Å². The van der Waals surface area contributed by atoms with Crippen LogP contribution in [-0.4, -0.2) is 49.8 Å². The number of pyridine rings is 4. The summed E-state index contributed by atoms with van der Waals surface area (Å²) in [6.07, 6.45) is 13.8. The molecule has 0 N–H and O–H groups in total. The van der Waals surface area contributed by atoms with Gasteiger partial charge in [0.25, 0.3) is 0 Å². The van der Waals surface area contributed by atoms with Crippen LogP contribution in [0.2, 0.25) is 0 Å². The van der Waals surface area contributed by atoms with E-state index in [-0.39, 0.29) is 0 Å². The van der Waals surface area contributed by atoms with E-state index < -0.39 is 0 Å². The van der Waals surface area contributed by atoms with E-state index in [0.717, 1.165) is 77.5 Å². The number of nitrogens with zero attached hydrogens (tertiary/aromatic N) is 11. The molecule has 0 saturated carbocycles. The molecule has 0 radical (unpaired) electrons. The van der Waals surface area contributed by atoms with Gasteiger partial charge in [0.05, 0.1) is 11.6 Å². The lowest BCUT2D eigenvalue weighted by atomic mass is 9.85. The van der Waals surface area contributed by atoms with Crippen LogP contribution in [0.15, 0.2) is 201 Å². The maximum Gasteiger partial charge on any atom is 0.164 e. The van der Waals surface area contributed by atoms with Gasteiger partial charge in [-0.05, 0) is 117 Å². The highest BCUT2D eigenvalue weighted by atomic mass is 15.0. The van der Waals surface area contributed by atoms with Gasteiger partial charge in [0, 0.05) is 83.0 Å². The van der Waals surface area contributed by atoms with Crippen molar-refractivity contribution in [3.05, 3.63) is 207 Å². The number of benzene rings is 5. The third-order valence-electron chi connectivity index (χ3n) is 11.3. The fourth-order valence-corrected chi connectivity index (χ4v) is 8.02. The van der Waals surface area contributed by atoms with Crippen molar-refractivity contribution in [1.82, 2.24) is 49.8 Å². The fraction of sp³-hybridized carbons (Fsp3) is 0. The zero-order valence-corrected chi connectivity index (χ0v) is 35.0. The smallest absolute Gasteiger partial charge is 0.164 e. The number of aromatic nitrogens is 10. The van der Waals surface area contributed by atoms with Gasteiger partial charge in [-0.1, -0.05) is 78.9 Å². The fourth-order valence-electron chi connectivity index (χ4n) is 8.02. The van der Waals surface area contributed by atoms with E-state index in [0.29, 0.717) is 40.5 Å². The minimum atomic E-state index is 0.532. The molecular weight excluding hydrogens is 815 g/mol. The van der Waals surface area contributed by atoms with Crippen LogP contribution in [0.25, 0.3) is 112 Å². The normalized spacial score (nSPS) is 11.0. The summed E-state index contributed by atoms with van der Waals surface area (Å²) in [6.45, 7) is 0. The van der Waals surface area contributed by atoms with E-state index in [1.807, 2.05) is 84.9 Å². The van der Waals surface area contributed by atoms with E-state index in [1.54, 1.807) is 49.6 Å². The molecule has 0 aliphatic heterocycles. The second-order valence-electron chi connectivity index (χ2n) is 15.3. The predicted octanol–water partition coefficient (Wildman–Crippen LogP) is 11.7. The summed E-state index contributed by atoms with van der Waals surface area (Å²) in [6, 6.07) is 52.5. The van der Waals surface area contributed by atoms with E-state index >= 15 is 0 Å². The van der Waals surface area contributed by atoms with Gasteiger partial charge in [0.2, 0.25) is 0 Å². The third-order valence-corrected chi connectivity index (χ3v) is 11.3. The lowest BCUT2D eigenvalue weighted by molar-refractivity contribution is 1.07. The summed E-state index contributed by atoms with van der Waals surface area (Å²) in [4.78, 5) is 46.5. The first-order valence-corrected chi connectivity index (χ1v) is 21.1. The molecule has 0 fully saturated rings. The SMILES string of the molecule is N#Cc1ccc(-c2cc(-c3ccc(-c4nc(-c5ccncc5)nc(-c5ccncc5)n4)cc3)c(-c3cccc(-c4nc(-c5ccncc5)nc(-c5ccncc5)n4)c3)c3ccccc23)cc1. The maximum atomic E-state index is 9.64. The molecule has 11 heteroatoms. The molecule has 0 bridgehead atoms. The van der Waals surface area contributed by atoms with Gasteiger partial charge >= 0.3 is 0 Å². The first-order valence-electron chi connectivity index (χ1n) is 21.1. The average molecular weight is 848 g/mol. The molecule has 0 unspecified atom stereocenters. The van der Waals surface area contributed by atoms with Crippen LogP contribution in [0.5, 0.6) is 0 Å². The van der Waals surface area contributed by atoms with Crippen LogP contribution in [0.3, 0.4) is 0 Å². The van der Waals surface area contributed by atoms with Crippen molar-refractivity contribution in [1.29, 1.82) is 5.26 Å². The van der Waals surface area contributed by atoms with Gasteiger partial charge in [0.15, 0.2) is 34.9 Å². The minimum Gasteiger partial charge on any atom is -0.265 e. The van der Waals surface area contributed by atoms with E-state index in [4.69, 9.17) is 29.9 Å². The highest BCUT2D eigenvalue weighted by molar-refractivity contribution is 6.11. The van der Waals surface area contributed by atoms with Crippen LogP contribution >= 0.6 is 0 Å². The molecule has 0 spiro atoms. The van der Waals surface area contributed by atoms with E-state index in [9.17, 15) is 5.26 Å². The van der Waals surface area contributed by atoms with Crippen molar-refractivity contribution in [2.45, 2.75) is 0 Å². The lowest BCUT2D eigenvalue weighted by Crippen LogP contribution is -2.00. The second kappa shape index (κ2) is 17.3. The summed E-state index contributed by atoms with van der Waals surface area (Å²) in [7, 11) is 0. The van der Waals surface area contributed by atoms with Crippen LogP contribution in [-0.2, 0) is 0 Å². The Hall–Kier alpha value is -9.53. The first-order chi connectivity index (χ1) is 32.6. The summed E-state index contributed by atoms with van der Waals surface area (Å²) in [5.74, 6) is 3.23. The number of hydrogen-bond acceptors (Lipinski definition) is 11. The molecule has 66 heavy (non-hydrogen) atoms. The quantitative estimate of drug-likeness (QED) is 0.136. The maximum absolute atomic E-state index is 9.64. The molecule has 6 heterocycles. The Morgan fingerprint density at radius 1 is 0.288 bits per heavy atom. The van der Waals surface area contributed by atoms with Gasteiger partial charge in [-0.3, -0.25) is 19.9 Å². The summed E-state index contributed by atoms with van der Waals surface area (Å²) in [5.41, 5.74) is 11.6. The number of fused-ring (bicyclic) bond motifs is 1. The van der Waals surface area contributed by atoms with E-state index in [2.05, 4.69) is 92.7 Å². The summed E-state index contributed by atoms with van der Waals surface area (Å²) in [5, 5.41) is 11.8. The topological polar surface area (TPSA) is 153 Å². The Balaban J connectivity index is 1.09. The summed E-state index contributed by atoms with van der Waals surface area (Å²) < 4.78 is 0. The standard InChI is InChI=1S/C55H33N11/c56-34-35-8-10-36(11-9-35)47-33-48(37-12-14-38(15-13-37)50-61-51(39-16-24-57-25-17-39)63-52(62-50)40-18-26-58-27-19-40)49(46-7-2-1-6-45(46)47)43-4-3-5-44(32-43)55-65-53(41-20-28-59-29-21-41)64-54(66-55)42-22-30-60-31-23-42/h1-33H. The first kappa shape index (κ1) is 39.3. The molecule has 11 rings (SSSR count). The third kappa shape index (κ3) is 7.78. The number of nitriles is 1. The average Bonchev–Trinajstić information content (AvgIpc) is 3.41. The molecular formula is C55H33N11. The molecule has 0 aliphatic carbocycles. The van der Waals surface area contributed by atoms with Crippen LogP contribution in [0.4, 0.5) is 0 Å². The van der Waals surface area contributed by atoms with Crippen molar-refractivity contribution < 1.29 is 0 Å². The van der Waals surface area contributed by atoms with Crippen molar-refractivity contribution in [3.8, 4) is 108 Å². The monoisotopic (exact) mass is 847 g/mol. The molecule has 0 saturated heterocycles. The molecule has 0 amide bonds. The highest BCUT2D eigenvalue weighted by Gasteiger charge is 2.20. The van der Waals surface area contributed by atoms with Crippen molar-refractivity contribution in [2.24, 2.45) is 0 Å². The van der Waals surface area contributed by atoms with Gasteiger partial charge < -0.3 is 0 Å². The summed E-state index contributed by atoms with van der Waals surface area (Å²) >= 11 is 0. The van der Waals surface area contributed by atoms with Crippen LogP contribution in [0.1, 0.15) is 5.56 Å². The molecule has 11 aromatic rings. The molecule has 0 atom stereocenters. The highest BCUT2D eigenvalue weighted by Crippen LogP contribution is 2.44. The zero-order valence-electron chi connectivity index (χ0n) is 35.0. The van der Waals surface area contributed by atoms with Gasteiger partial charge in [-0.15, -0.1) is 0 Å².